The number of hydrogen-bond acceptors (Lipinski definition) is 4. The molecule has 0 radical (unpaired) electrons. The second-order valence-corrected chi connectivity index (χ2v) is 5.69. The molecule has 0 saturated heterocycles. The van der Waals surface area contributed by atoms with Gasteiger partial charge in [0.2, 0.25) is 5.76 Å². The summed E-state index contributed by atoms with van der Waals surface area (Å²) < 4.78 is 57.5. The zero-order chi connectivity index (χ0) is 15.8. The van der Waals surface area contributed by atoms with Crippen molar-refractivity contribution in [3.8, 4) is 0 Å². The van der Waals surface area contributed by atoms with Gasteiger partial charge in [-0.2, -0.15) is 0 Å². The van der Waals surface area contributed by atoms with Crippen LogP contribution in [0.3, 0.4) is 0 Å². The Morgan fingerprint density at radius 2 is 1.86 bits per heavy atom. The number of benzene rings is 1. The van der Waals surface area contributed by atoms with Gasteiger partial charge in [-0.15, -0.1) is 0 Å². The Bertz CT molecular complexity index is 793. The highest BCUT2D eigenvalue weighted by Gasteiger charge is 2.25. The zero-order valence-corrected chi connectivity index (χ0v) is 11.4. The van der Waals surface area contributed by atoms with Gasteiger partial charge in [-0.05, 0) is 19.1 Å². The van der Waals surface area contributed by atoms with Gasteiger partial charge in [0, 0.05) is 6.07 Å². The number of carboxylic acid groups (broad SMARTS) is 1. The van der Waals surface area contributed by atoms with Gasteiger partial charge in [-0.25, -0.2) is 22.0 Å². The largest absolute Gasteiger partial charge is 0.475 e. The first kappa shape index (κ1) is 15.0. The lowest BCUT2D eigenvalue weighted by Gasteiger charge is -2.08. The summed E-state index contributed by atoms with van der Waals surface area (Å²) in [5.41, 5.74) is -0.852. The minimum atomic E-state index is -4.39. The van der Waals surface area contributed by atoms with Gasteiger partial charge in [-0.3, -0.25) is 4.72 Å². The van der Waals surface area contributed by atoms with Crippen LogP contribution in [0.2, 0.25) is 0 Å². The number of aryl methyl sites for hydroxylation is 1. The number of aromatic carboxylic acids is 1. The molecule has 21 heavy (non-hydrogen) atoms. The van der Waals surface area contributed by atoms with E-state index in [9.17, 15) is 22.0 Å². The summed E-state index contributed by atoms with van der Waals surface area (Å²) in [6.07, 6.45) is 0. The monoisotopic (exact) mass is 317 g/mol. The van der Waals surface area contributed by atoms with Gasteiger partial charge >= 0.3 is 5.97 Å². The molecule has 0 spiro atoms. The van der Waals surface area contributed by atoms with E-state index in [0.29, 0.717) is 0 Å². The first-order chi connectivity index (χ1) is 9.72. The quantitative estimate of drug-likeness (QED) is 0.902. The summed E-state index contributed by atoms with van der Waals surface area (Å²) in [6, 6.07) is 3.60. The molecule has 6 nitrogen and oxygen atoms in total. The Kier molecular flexibility index (Phi) is 3.69. The topological polar surface area (TPSA) is 96.6 Å². The molecule has 2 rings (SSSR count). The standard InChI is InChI=1S/C12H9F2NO5S/c1-6-10(5-9(20-6)12(16)17)21(18,19)15-11-7(13)3-2-4-8(11)14/h2-5,15H,1H3,(H,16,17). The number of para-hydroxylation sites is 1. The average Bonchev–Trinajstić information content (AvgIpc) is 2.77. The fourth-order valence-electron chi connectivity index (χ4n) is 1.62. The third-order valence-electron chi connectivity index (χ3n) is 2.57. The van der Waals surface area contributed by atoms with Crippen molar-refractivity contribution in [2.45, 2.75) is 11.8 Å². The predicted octanol–water partition coefficient (Wildman–Crippen LogP) is 2.37. The van der Waals surface area contributed by atoms with E-state index in [4.69, 9.17) is 9.52 Å². The molecule has 0 atom stereocenters. The minimum Gasteiger partial charge on any atom is -0.475 e. The number of halogens is 2. The second kappa shape index (κ2) is 5.17. The lowest BCUT2D eigenvalue weighted by molar-refractivity contribution is 0.0661. The fraction of sp³-hybridized carbons (Fsp3) is 0.0833. The van der Waals surface area contributed by atoms with Gasteiger partial charge in [0.25, 0.3) is 10.0 Å². The smallest absolute Gasteiger partial charge is 0.371 e. The number of hydrogen-bond donors (Lipinski definition) is 2. The van der Waals surface area contributed by atoms with E-state index < -0.39 is 44.0 Å². The van der Waals surface area contributed by atoms with E-state index in [1.165, 1.54) is 6.92 Å². The molecule has 0 aliphatic rings. The molecule has 0 unspecified atom stereocenters. The first-order valence-electron chi connectivity index (χ1n) is 5.53. The summed E-state index contributed by atoms with van der Waals surface area (Å²) in [4.78, 5) is 10.2. The predicted molar refractivity (Wildman–Crippen MR) is 67.6 cm³/mol. The van der Waals surface area contributed by atoms with Crippen LogP contribution < -0.4 is 4.72 Å². The van der Waals surface area contributed by atoms with Crippen molar-refractivity contribution in [2.24, 2.45) is 0 Å². The highest BCUT2D eigenvalue weighted by molar-refractivity contribution is 7.92. The molecular weight excluding hydrogens is 308 g/mol. The van der Waals surface area contributed by atoms with E-state index in [1.807, 2.05) is 0 Å². The van der Waals surface area contributed by atoms with E-state index in [1.54, 1.807) is 4.72 Å². The van der Waals surface area contributed by atoms with Crippen molar-refractivity contribution in [3.05, 3.63) is 47.4 Å². The lowest BCUT2D eigenvalue weighted by Crippen LogP contribution is -2.15. The van der Waals surface area contributed by atoms with Gasteiger partial charge in [0.15, 0.2) is 0 Å². The number of sulfonamides is 1. The molecule has 0 amide bonds. The zero-order valence-electron chi connectivity index (χ0n) is 10.6. The first-order valence-corrected chi connectivity index (χ1v) is 7.01. The van der Waals surface area contributed by atoms with Crippen LogP contribution >= 0.6 is 0 Å². The van der Waals surface area contributed by atoms with Crippen LogP contribution in [0.5, 0.6) is 0 Å². The molecule has 1 aromatic heterocycles. The van der Waals surface area contributed by atoms with Crippen LogP contribution in [0.4, 0.5) is 14.5 Å². The Hall–Kier alpha value is -2.42. The normalized spacial score (nSPS) is 11.4. The van der Waals surface area contributed by atoms with Crippen molar-refractivity contribution in [3.63, 3.8) is 0 Å². The summed E-state index contributed by atoms with van der Waals surface area (Å²) in [5.74, 6) is -4.47. The molecule has 0 aliphatic carbocycles. The van der Waals surface area contributed by atoms with Gasteiger partial charge in [0.1, 0.15) is 28.0 Å². The molecule has 1 aromatic carbocycles. The number of nitrogens with one attached hydrogen (secondary N) is 1. The molecule has 0 saturated carbocycles. The molecular formula is C12H9F2NO5S. The van der Waals surface area contributed by atoms with Crippen LogP contribution in [0.1, 0.15) is 16.3 Å². The van der Waals surface area contributed by atoms with Gasteiger partial charge < -0.3 is 9.52 Å². The SMILES string of the molecule is Cc1oc(C(=O)O)cc1S(=O)(=O)Nc1c(F)cccc1F. The summed E-state index contributed by atoms with van der Waals surface area (Å²) >= 11 is 0. The Balaban J connectivity index is 2.46. The number of carbonyl (C=O) groups is 1. The van der Waals surface area contributed by atoms with Crippen molar-refractivity contribution in [1.29, 1.82) is 0 Å². The average molecular weight is 317 g/mol. The van der Waals surface area contributed by atoms with E-state index in [0.717, 1.165) is 24.3 Å². The highest BCUT2D eigenvalue weighted by Crippen LogP contribution is 2.25. The number of anilines is 1. The summed E-state index contributed by atoms with van der Waals surface area (Å²) in [7, 11) is -4.39. The van der Waals surface area contributed by atoms with E-state index in [2.05, 4.69) is 0 Å². The second-order valence-electron chi connectivity index (χ2n) is 4.04. The Morgan fingerprint density at radius 1 is 1.29 bits per heavy atom. The maximum absolute atomic E-state index is 13.4. The molecule has 9 heteroatoms. The maximum atomic E-state index is 13.4. The maximum Gasteiger partial charge on any atom is 0.371 e. The number of rotatable bonds is 4. The molecule has 2 aromatic rings. The number of furan rings is 1. The van der Waals surface area contributed by atoms with Crippen molar-refractivity contribution in [2.75, 3.05) is 4.72 Å². The molecule has 0 fully saturated rings. The van der Waals surface area contributed by atoms with Crippen molar-refractivity contribution >= 4 is 21.7 Å². The third-order valence-corrected chi connectivity index (χ3v) is 4.03. The summed E-state index contributed by atoms with van der Waals surface area (Å²) in [5, 5.41) is 8.74. The van der Waals surface area contributed by atoms with Crippen LogP contribution in [-0.4, -0.2) is 19.5 Å². The molecule has 1 heterocycles. The summed E-state index contributed by atoms with van der Waals surface area (Å²) in [6.45, 7) is 1.22. The molecule has 0 aliphatic heterocycles. The minimum absolute atomic E-state index is 0.211. The van der Waals surface area contributed by atoms with Crippen molar-refractivity contribution < 1.29 is 31.5 Å². The molecule has 0 bridgehead atoms. The molecule has 2 N–H and O–H groups in total. The fourth-order valence-corrected chi connectivity index (χ4v) is 2.88. The van der Waals surface area contributed by atoms with Gasteiger partial charge in [0.05, 0.1) is 0 Å². The Labute approximate surface area is 118 Å². The highest BCUT2D eigenvalue weighted by atomic mass is 32.2. The van der Waals surface area contributed by atoms with Crippen LogP contribution in [0.25, 0.3) is 0 Å². The van der Waals surface area contributed by atoms with Crippen LogP contribution in [0.15, 0.2) is 33.6 Å². The van der Waals surface area contributed by atoms with Gasteiger partial charge in [-0.1, -0.05) is 6.07 Å². The van der Waals surface area contributed by atoms with E-state index in [-0.39, 0.29) is 5.76 Å². The number of carboxylic acids is 1. The van der Waals surface area contributed by atoms with Crippen LogP contribution in [0, 0.1) is 18.6 Å². The Morgan fingerprint density at radius 3 is 2.33 bits per heavy atom. The lowest BCUT2D eigenvalue weighted by atomic mass is 10.3. The van der Waals surface area contributed by atoms with E-state index >= 15 is 0 Å². The van der Waals surface area contributed by atoms with Crippen LogP contribution in [-0.2, 0) is 10.0 Å². The third kappa shape index (κ3) is 2.87. The molecule has 112 valence electrons. The van der Waals surface area contributed by atoms with Crippen molar-refractivity contribution in [1.82, 2.24) is 0 Å².